The summed E-state index contributed by atoms with van der Waals surface area (Å²) in [4.78, 5) is 1.85. The molecular formula is C6H15BN2O3S. The molecule has 1 aliphatic heterocycles. The van der Waals surface area contributed by atoms with E-state index in [-0.39, 0.29) is 0 Å². The fourth-order valence-electron chi connectivity index (χ4n) is 1.41. The van der Waals surface area contributed by atoms with Crippen molar-refractivity contribution >= 4 is 17.1 Å². The third kappa shape index (κ3) is 2.94. The molecule has 1 N–H and O–H groups in total. The Morgan fingerprint density at radius 2 is 1.69 bits per heavy atom. The average Bonchev–Trinajstić information content (AvgIpc) is 2.03. The van der Waals surface area contributed by atoms with Crippen molar-refractivity contribution in [2.75, 3.05) is 32.4 Å². The van der Waals surface area contributed by atoms with Crippen LogP contribution in [0, 0.1) is 0 Å². The molecule has 5 nitrogen and oxygen atoms in total. The molecule has 1 saturated heterocycles. The molecule has 76 valence electrons. The fraction of sp³-hybridized carbons (Fsp3) is 1.00. The molecule has 0 aliphatic carbocycles. The monoisotopic (exact) mass is 206 g/mol. The van der Waals surface area contributed by atoms with E-state index in [0.717, 1.165) is 0 Å². The molecule has 1 heterocycles. The van der Waals surface area contributed by atoms with Gasteiger partial charge in [-0.1, -0.05) is 0 Å². The SMILES string of the molecule is CB(O)N1CCN(S(C)(=O)=O)CC1. The van der Waals surface area contributed by atoms with E-state index >= 15 is 0 Å². The Morgan fingerprint density at radius 1 is 1.23 bits per heavy atom. The molecule has 0 bridgehead atoms. The number of piperazine rings is 1. The van der Waals surface area contributed by atoms with Gasteiger partial charge in [0.15, 0.2) is 0 Å². The molecule has 7 heteroatoms. The van der Waals surface area contributed by atoms with E-state index in [4.69, 9.17) is 0 Å². The molecule has 0 aromatic heterocycles. The second kappa shape index (κ2) is 3.95. The lowest BCUT2D eigenvalue weighted by atomic mass is 9.84. The lowest BCUT2D eigenvalue weighted by Gasteiger charge is -2.33. The van der Waals surface area contributed by atoms with Crippen LogP contribution in [0.4, 0.5) is 0 Å². The van der Waals surface area contributed by atoms with Crippen LogP contribution in [-0.4, -0.2) is 62.0 Å². The molecule has 0 amide bonds. The number of hydrogen-bond donors (Lipinski definition) is 1. The zero-order valence-corrected chi connectivity index (χ0v) is 8.79. The topological polar surface area (TPSA) is 60.9 Å². The summed E-state index contributed by atoms with van der Waals surface area (Å²) in [6.07, 6.45) is 1.21. The van der Waals surface area contributed by atoms with Gasteiger partial charge in [-0.15, -0.1) is 0 Å². The van der Waals surface area contributed by atoms with Gasteiger partial charge in [-0.05, 0) is 6.82 Å². The molecule has 0 atom stereocenters. The third-order valence-corrected chi connectivity index (χ3v) is 3.57. The van der Waals surface area contributed by atoms with Gasteiger partial charge in [-0.25, -0.2) is 8.42 Å². The minimum Gasteiger partial charge on any atom is -0.437 e. The highest BCUT2D eigenvalue weighted by Gasteiger charge is 2.26. The Hall–Kier alpha value is -0.105. The van der Waals surface area contributed by atoms with Crippen molar-refractivity contribution in [1.29, 1.82) is 0 Å². The molecular weight excluding hydrogens is 191 g/mol. The second-order valence-electron chi connectivity index (χ2n) is 3.33. The lowest BCUT2D eigenvalue weighted by molar-refractivity contribution is 0.252. The predicted octanol–water partition coefficient (Wildman–Crippen LogP) is -1.33. The van der Waals surface area contributed by atoms with Crippen LogP contribution in [0.3, 0.4) is 0 Å². The van der Waals surface area contributed by atoms with Crippen molar-refractivity contribution in [2.45, 2.75) is 6.82 Å². The molecule has 0 saturated carbocycles. The van der Waals surface area contributed by atoms with Gasteiger partial charge in [-0.2, -0.15) is 4.31 Å². The van der Waals surface area contributed by atoms with Gasteiger partial charge in [-0.3, -0.25) is 0 Å². The summed E-state index contributed by atoms with van der Waals surface area (Å²) < 4.78 is 23.7. The minimum absolute atomic E-state index is 0.476. The van der Waals surface area contributed by atoms with E-state index in [9.17, 15) is 13.4 Å². The van der Waals surface area contributed by atoms with Crippen LogP contribution in [0.25, 0.3) is 0 Å². The molecule has 0 unspecified atom stereocenters. The number of nitrogens with zero attached hydrogens (tertiary/aromatic N) is 2. The van der Waals surface area contributed by atoms with E-state index in [1.807, 2.05) is 4.81 Å². The molecule has 1 fully saturated rings. The third-order valence-electron chi connectivity index (χ3n) is 2.27. The molecule has 0 spiro atoms. The normalized spacial score (nSPS) is 21.8. The van der Waals surface area contributed by atoms with Gasteiger partial charge in [0.25, 0.3) is 0 Å². The highest BCUT2D eigenvalue weighted by molar-refractivity contribution is 7.88. The molecule has 1 rings (SSSR count). The molecule has 0 radical (unpaired) electrons. The molecule has 0 aromatic rings. The van der Waals surface area contributed by atoms with Crippen LogP contribution in [0.5, 0.6) is 0 Å². The van der Waals surface area contributed by atoms with Crippen molar-refractivity contribution in [3.05, 3.63) is 0 Å². The zero-order chi connectivity index (χ0) is 10.1. The molecule has 13 heavy (non-hydrogen) atoms. The smallest absolute Gasteiger partial charge is 0.376 e. The van der Waals surface area contributed by atoms with Crippen LogP contribution in [0.1, 0.15) is 0 Å². The first-order valence-corrected chi connectivity index (χ1v) is 6.13. The first-order valence-electron chi connectivity index (χ1n) is 4.28. The van der Waals surface area contributed by atoms with Gasteiger partial charge in [0.05, 0.1) is 6.26 Å². The summed E-state index contributed by atoms with van der Waals surface area (Å²) in [7, 11) is -3.53. The molecule has 1 aliphatic rings. The van der Waals surface area contributed by atoms with Gasteiger partial charge in [0, 0.05) is 26.2 Å². The maximum absolute atomic E-state index is 11.1. The first kappa shape index (κ1) is 11.0. The van der Waals surface area contributed by atoms with Crippen LogP contribution < -0.4 is 0 Å². The van der Waals surface area contributed by atoms with Crippen molar-refractivity contribution in [3.8, 4) is 0 Å². The van der Waals surface area contributed by atoms with Crippen molar-refractivity contribution in [3.63, 3.8) is 0 Å². The van der Waals surface area contributed by atoms with Crippen molar-refractivity contribution < 1.29 is 13.4 Å². The summed E-state index contributed by atoms with van der Waals surface area (Å²) in [5.41, 5.74) is 0. The Balaban J connectivity index is 2.49. The van der Waals surface area contributed by atoms with Crippen LogP contribution in [0.2, 0.25) is 6.82 Å². The Labute approximate surface area is 79.5 Å². The van der Waals surface area contributed by atoms with E-state index in [2.05, 4.69) is 0 Å². The molecule has 0 aromatic carbocycles. The standard InChI is InChI=1S/C6H15BN2O3S/c1-7(10)8-3-5-9(6-4-8)13(2,11)12/h10H,3-6H2,1-2H3. The number of hydrogen-bond acceptors (Lipinski definition) is 4. The quantitative estimate of drug-likeness (QED) is 0.569. The summed E-state index contributed by atoms with van der Waals surface area (Å²) in [5.74, 6) is 0. The summed E-state index contributed by atoms with van der Waals surface area (Å²) in [6.45, 7) is 3.85. The van der Waals surface area contributed by atoms with Gasteiger partial charge in [0.2, 0.25) is 10.0 Å². The Morgan fingerprint density at radius 3 is 2.00 bits per heavy atom. The number of rotatable bonds is 2. The van der Waals surface area contributed by atoms with Crippen molar-refractivity contribution in [1.82, 2.24) is 9.12 Å². The van der Waals surface area contributed by atoms with Crippen LogP contribution in [-0.2, 0) is 10.0 Å². The second-order valence-corrected chi connectivity index (χ2v) is 5.31. The predicted molar refractivity (Wildman–Crippen MR) is 51.8 cm³/mol. The van der Waals surface area contributed by atoms with E-state index in [1.165, 1.54) is 10.6 Å². The van der Waals surface area contributed by atoms with E-state index in [0.29, 0.717) is 26.2 Å². The van der Waals surface area contributed by atoms with Gasteiger partial charge >= 0.3 is 7.05 Å². The van der Waals surface area contributed by atoms with E-state index in [1.54, 1.807) is 6.82 Å². The van der Waals surface area contributed by atoms with Crippen LogP contribution in [0.15, 0.2) is 0 Å². The lowest BCUT2D eigenvalue weighted by Crippen LogP contribution is -2.52. The van der Waals surface area contributed by atoms with Gasteiger partial charge < -0.3 is 9.83 Å². The maximum Gasteiger partial charge on any atom is 0.376 e. The summed E-state index contributed by atoms with van der Waals surface area (Å²) in [5, 5.41) is 9.22. The average molecular weight is 206 g/mol. The number of sulfonamides is 1. The summed E-state index contributed by atoms with van der Waals surface area (Å²) >= 11 is 0. The highest BCUT2D eigenvalue weighted by atomic mass is 32.2. The van der Waals surface area contributed by atoms with Crippen molar-refractivity contribution in [2.24, 2.45) is 0 Å². The van der Waals surface area contributed by atoms with Crippen LogP contribution >= 0.6 is 0 Å². The maximum atomic E-state index is 11.1. The van der Waals surface area contributed by atoms with Gasteiger partial charge in [0.1, 0.15) is 0 Å². The summed E-state index contributed by atoms with van der Waals surface area (Å²) in [6, 6.07) is 0. The zero-order valence-electron chi connectivity index (χ0n) is 7.97. The first-order chi connectivity index (χ1) is 5.91. The minimum atomic E-state index is -3.05. The largest absolute Gasteiger partial charge is 0.437 e. The highest BCUT2D eigenvalue weighted by Crippen LogP contribution is 2.06. The van der Waals surface area contributed by atoms with E-state index < -0.39 is 17.1 Å². The Kier molecular flexibility index (Phi) is 3.34. The Bertz CT molecular complexity index is 259. The fourth-order valence-corrected chi connectivity index (χ4v) is 2.24.